The monoisotopic (exact) mass is 360 g/mol. The van der Waals surface area contributed by atoms with Crippen LogP contribution in [-0.4, -0.2) is 34.6 Å². The van der Waals surface area contributed by atoms with Crippen LogP contribution in [-0.2, 0) is 10.3 Å². The van der Waals surface area contributed by atoms with Gasteiger partial charge in [-0.05, 0) is 23.3 Å². The van der Waals surface area contributed by atoms with E-state index in [0.717, 1.165) is 11.1 Å². The minimum Gasteiger partial charge on any atom is -0.413 e. The highest BCUT2D eigenvalue weighted by molar-refractivity contribution is 6.10. The van der Waals surface area contributed by atoms with Crippen molar-refractivity contribution in [1.82, 2.24) is 14.9 Å². The normalized spacial score (nSPS) is 15.6. The van der Waals surface area contributed by atoms with Crippen LogP contribution >= 0.6 is 0 Å². The molecule has 0 saturated carbocycles. The molecular weight excluding hydrogens is 340 g/mol. The van der Waals surface area contributed by atoms with Gasteiger partial charge < -0.3 is 10.2 Å². The van der Waals surface area contributed by atoms with Gasteiger partial charge in [0.1, 0.15) is 6.61 Å². The van der Waals surface area contributed by atoms with Crippen LogP contribution in [0.4, 0.5) is 0 Å². The fourth-order valence-corrected chi connectivity index (χ4v) is 3.39. The molecule has 0 spiro atoms. The maximum absolute atomic E-state index is 13.5. The van der Waals surface area contributed by atoms with E-state index in [0.29, 0.717) is 0 Å². The van der Waals surface area contributed by atoms with E-state index in [1.165, 1.54) is 4.90 Å². The molecule has 1 aliphatic rings. The smallest absolute Gasteiger partial charge is 0.264 e. The summed E-state index contributed by atoms with van der Waals surface area (Å²) in [5.74, 6) is -0.107. The lowest BCUT2D eigenvalue weighted by atomic mass is 9.82. The van der Waals surface area contributed by atoms with Crippen molar-refractivity contribution < 1.29 is 9.63 Å². The first kappa shape index (κ1) is 16.9. The van der Waals surface area contributed by atoms with Crippen LogP contribution in [0, 0.1) is 5.41 Å². The van der Waals surface area contributed by atoms with Crippen molar-refractivity contribution in [2.24, 2.45) is 0 Å². The third kappa shape index (κ3) is 2.95. The largest absolute Gasteiger partial charge is 0.413 e. The van der Waals surface area contributed by atoms with E-state index >= 15 is 0 Å². The highest BCUT2D eigenvalue weighted by atomic mass is 16.7. The SMILES string of the molecule is N=C1NC(c2ccccc2)(c2ccccc2)C(=O)N1CCOn1cccc1. The van der Waals surface area contributed by atoms with Crippen molar-refractivity contribution in [3.63, 3.8) is 0 Å². The van der Waals surface area contributed by atoms with E-state index in [4.69, 9.17) is 10.2 Å². The molecule has 1 amide bonds. The lowest BCUT2D eigenvalue weighted by Crippen LogP contribution is -2.45. The quantitative estimate of drug-likeness (QED) is 0.708. The molecule has 3 aromatic rings. The summed E-state index contributed by atoms with van der Waals surface area (Å²) >= 11 is 0. The van der Waals surface area contributed by atoms with Crippen molar-refractivity contribution in [3.8, 4) is 0 Å². The molecule has 2 heterocycles. The van der Waals surface area contributed by atoms with Gasteiger partial charge in [0.05, 0.1) is 6.54 Å². The van der Waals surface area contributed by atoms with Gasteiger partial charge in [0.15, 0.2) is 11.5 Å². The minimum atomic E-state index is -1.10. The van der Waals surface area contributed by atoms with Crippen LogP contribution in [0.3, 0.4) is 0 Å². The number of nitrogens with zero attached hydrogens (tertiary/aromatic N) is 2. The molecule has 1 aromatic heterocycles. The maximum atomic E-state index is 13.5. The molecule has 1 saturated heterocycles. The lowest BCUT2D eigenvalue weighted by Gasteiger charge is -2.28. The topological polar surface area (TPSA) is 70.3 Å². The van der Waals surface area contributed by atoms with Crippen LogP contribution in [0.1, 0.15) is 11.1 Å². The summed E-state index contributed by atoms with van der Waals surface area (Å²) in [7, 11) is 0. The van der Waals surface area contributed by atoms with Crippen LogP contribution in [0.25, 0.3) is 0 Å². The number of rotatable bonds is 6. The van der Waals surface area contributed by atoms with Crippen molar-refractivity contribution in [1.29, 1.82) is 5.41 Å². The first-order valence-corrected chi connectivity index (χ1v) is 8.78. The van der Waals surface area contributed by atoms with Gasteiger partial charge in [0, 0.05) is 12.4 Å². The molecule has 136 valence electrons. The fourth-order valence-electron chi connectivity index (χ4n) is 3.39. The molecule has 6 heteroatoms. The van der Waals surface area contributed by atoms with Crippen LogP contribution in [0.5, 0.6) is 0 Å². The molecule has 4 rings (SSSR count). The predicted molar refractivity (Wildman–Crippen MR) is 102 cm³/mol. The Balaban J connectivity index is 1.64. The number of carbonyl (C=O) groups excluding carboxylic acids is 1. The summed E-state index contributed by atoms with van der Waals surface area (Å²) in [6, 6.07) is 22.8. The highest BCUT2D eigenvalue weighted by Gasteiger charge is 2.51. The first-order chi connectivity index (χ1) is 13.2. The van der Waals surface area contributed by atoms with Gasteiger partial charge in [0.2, 0.25) is 0 Å². The lowest BCUT2D eigenvalue weighted by molar-refractivity contribution is -0.130. The number of guanidine groups is 1. The van der Waals surface area contributed by atoms with E-state index in [1.54, 1.807) is 17.1 Å². The van der Waals surface area contributed by atoms with Crippen LogP contribution < -0.4 is 10.2 Å². The zero-order valence-electron chi connectivity index (χ0n) is 14.7. The summed E-state index contributed by atoms with van der Waals surface area (Å²) in [5, 5.41) is 11.5. The summed E-state index contributed by atoms with van der Waals surface area (Å²) in [6.45, 7) is 0.564. The molecule has 6 nitrogen and oxygen atoms in total. The van der Waals surface area contributed by atoms with Gasteiger partial charge in [-0.1, -0.05) is 60.7 Å². The third-order valence-electron chi connectivity index (χ3n) is 4.69. The molecule has 0 radical (unpaired) electrons. The Morgan fingerprint density at radius 1 is 0.889 bits per heavy atom. The second-order valence-corrected chi connectivity index (χ2v) is 6.29. The van der Waals surface area contributed by atoms with E-state index in [9.17, 15) is 4.79 Å². The van der Waals surface area contributed by atoms with Gasteiger partial charge in [-0.2, -0.15) is 4.73 Å². The first-order valence-electron chi connectivity index (χ1n) is 8.78. The number of benzene rings is 2. The molecule has 2 N–H and O–H groups in total. The standard InChI is InChI=1S/C21H20N4O2/c22-20-23-21(17-9-3-1-4-10-17,18-11-5-2-6-12-18)19(26)25(20)15-16-27-24-13-7-8-14-24/h1-14H,15-16H2,(H2,22,23). The van der Waals surface area contributed by atoms with E-state index in [-0.39, 0.29) is 25.0 Å². The minimum absolute atomic E-state index is 0.0730. The molecule has 0 aliphatic carbocycles. The van der Waals surface area contributed by atoms with Gasteiger partial charge in [-0.3, -0.25) is 15.1 Å². The molecule has 0 unspecified atom stereocenters. The Bertz CT molecular complexity index is 884. The summed E-state index contributed by atoms with van der Waals surface area (Å²) in [6.07, 6.45) is 3.57. The van der Waals surface area contributed by atoms with Gasteiger partial charge in [0.25, 0.3) is 5.91 Å². The average molecular weight is 360 g/mol. The van der Waals surface area contributed by atoms with Gasteiger partial charge in [-0.15, -0.1) is 0 Å². The molecule has 0 bridgehead atoms. The molecular formula is C21H20N4O2. The second-order valence-electron chi connectivity index (χ2n) is 6.29. The molecule has 1 fully saturated rings. The second kappa shape index (κ2) is 6.99. The Kier molecular flexibility index (Phi) is 4.38. The summed E-state index contributed by atoms with van der Waals surface area (Å²) < 4.78 is 1.58. The number of hydrogen-bond donors (Lipinski definition) is 2. The average Bonchev–Trinajstić information content (AvgIpc) is 3.31. The van der Waals surface area contributed by atoms with E-state index in [1.807, 2.05) is 72.8 Å². The van der Waals surface area contributed by atoms with Crippen molar-refractivity contribution in [2.75, 3.05) is 13.2 Å². The number of carbonyl (C=O) groups is 1. The van der Waals surface area contributed by atoms with Crippen molar-refractivity contribution in [2.45, 2.75) is 5.54 Å². The predicted octanol–water partition coefficient (Wildman–Crippen LogP) is 2.23. The highest BCUT2D eigenvalue weighted by Crippen LogP contribution is 2.35. The van der Waals surface area contributed by atoms with E-state index in [2.05, 4.69) is 5.32 Å². The van der Waals surface area contributed by atoms with Crippen LogP contribution in [0.2, 0.25) is 0 Å². The third-order valence-corrected chi connectivity index (χ3v) is 4.69. The Morgan fingerprint density at radius 2 is 1.44 bits per heavy atom. The zero-order chi connectivity index (χ0) is 18.7. The number of amides is 1. The zero-order valence-corrected chi connectivity index (χ0v) is 14.7. The molecule has 0 atom stereocenters. The number of nitrogens with one attached hydrogen (secondary N) is 2. The Hall–Kier alpha value is -3.54. The maximum Gasteiger partial charge on any atom is 0.264 e. The van der Waals surface area contributed by atoms with E-state index < -0.39 is 5.54 Å². The van der Waals surface area contributed by atoms with Gasteiger partial charge >= 0.3 is 0 Å². The van der Waals surface area contributed by atoms with Crippen molar-refractivity contribution >= 4 is 11.9 Å². The Labute approximate surface area is 157 Å². The summed E-state index contributed by atoms with van der Waals surface area (Å²) in [5.41, 5.74) is 0.507. The molecule has 2 aromatic carbocycles. The fraction of sp³-hybridized carbons (Fsp3) is 0.143. The molecule has 27 heavy (non-hydrogen) atoms. The van der Waals surface area contributed by atoms with Gasteiger partial charge in [-0.25, -0.2) is 0 Å². The van der Waals surface area contributed by atoms with Crippen LogP contribution in [0.15, 0.2) is 85.2 Å². The number of aromatic nitrogens is 1. The molecule has 1 aliphatic heterocycles. The van der Waals surface area contributed by atoms with Crippen molar-refractivity contribution in [3.05, 3.63) is 96.3 Å². The number of hydrogen-bond acceptors (Lipinski definition) is 3. The Morgan fingerprint density at radius 3 is 2.00 bits per heavy atom. The summed E-state index contributed by atoms with van der Waals surface area (Å²) in [4.78, 5) is 20.5.